The third-order valence-electron chi connectivity index (χ3n) is 3.93. The number of halogens is 1. The van der Waals surface area contributed by atoms with E-state index in [1.807, 2.05) is 60.0 Å². The molecule has 7 nitrogen and oxygen atoms in total. The molecule has 29 heavy (non-hydrogen) atoms. The molecule has 0 spiro atoms. The maximum Gasteiger partial charge on any atom is 0.234 e. The summed E-state index contributed by atoms with van der Waals surface area (Å²) in [5.41, 5.74) is 2.28. The molecule has 0 atom stereocenters. The topological polar surface area (TPSA) is 88.9 Å². The Morgan fingerprint density at radius 3 is 2.52 bits per heavy atom. The van der Waals surface area contributed by atoms with Crippen molar-refractivity contribution in [2.75, 3.05) is 16.4 Å². The predicted molar refractivity (Wildman–Crippen MR) is 119 cm³/mol. The Balaban J connectivity index is 1.70. The number of carbonyl (C=O) groups excluding carboxylic acids is 2. The molecule has 0 saturated heterocycles. The molecule has 0 fully saturated rings. The van der Waals surface area contributed by atoms with E-state index in [4.69, 9.17) is 0 Å². The largest absolute Gasteiger partial charge is 0.326 e. The van der Waals surface area contributed by atoms with E-state index >= 15 is 0 Å². The van der Waals surface area contributed by atoms with Crippen molar-refractivity contribution >= 4 is 50.9 Å². The van der Waals surface area contributed by atoms with Gasteiger partial charge in [0.25, 0.3) is 0 Å². The van der Waals surface area contributed by atoms with E-state index in [2.05, 4.69) is 36.8 Å². The van der Waals surface area contributed by atoms with Gasteiger partial charge < -0.3 is 15.2 Å². The quantitative estimate of drug-likeness (QED) is 0.495. The monoisotopic (exact) mass is 473 g/mol. The van der Waals surface area contributed by atoms with Crippen LogP contribution < -0.4 is 10.6 Å². The maximum atomic E-state index is 12.3. The minimum absolute atomic E-state index is 0.114. The lowest BCUT2D eigenvalue weighted by atomic mass is 10.2. The first kappa shape index (κ1) is 21.1. The Bertz CT molecular complexity index is 1020. The highest BCUT2D eigenvalue weighted by Crippen LogP contribution is 2.26. The molecule has 2 N–H and O–H groups in total. The Morgan fingerprint density at radius 1 is 1.07 bits per heavy atom. The third-order valence-corrected chi connectivity index (χ3v) is 5.43. The van der Waals surface area contributed by atoms with Gasteiger partial charge in [-0.25, -0.2) is 0 Å². The standard InChI is InChI=1S/C20H20BrN5O2S/c1-3-26-19(14-5-4-6-17(11-14)22-13(2)27)24-25-20(26)29-12-18(28)23-16-9-7-15(21)8-10-16/h4-11H,3,12H2,1-2H3,(H,22,27)(H,23,28). The number of amides is 2. The number of thioether (sulfide) groups is 1. The molecule has 1 heterocycles. The third kappa shape index (κ3) is 5.68. The summed E-state index contributed by atoms with van der Waals surface area (Å²) in [6, 6.07) is 14.9. The lowest BCUT2D eigenvalue weighted by Gasteiger charge is -2.09. The molecule has 0 bridgehead atoms. The molecule has 0 unspecified atom stereocenters. The summed E-state index contributed by atoms with van der Waals surface area (Å²) in [7, 11) is 0. The second-order valence-electron chi connectivity index (χ2n) is 6.16. The van der Waals surface area contributed by atoms with Gasteiger partial charge in [0.15, 0.2) is 11.0 Å². The molecule has 2 aromatic carbocycles. The summed E-state index contributed by atoms with van der Waals surface area (Å²) in [5.74, 6) is 0.667. The van der Waals surface area contributed by atoms with Crippen LogP contribution in [-0.4, -0.2) is 32.3 Å². The molecule has 2 amide bonds. The van der Waals surface area contributed by atoms with Gasteiger partial charge in [-0.05, 0) is 43.3 Å². The fourth-order valence-electron chi connectivity index (χ4n) is 2.69. The average molecular weight is 474 g/mol. The Kier molecular flexibility index (Phi) is 7.05. The smallest absolute Gasteiger partial charge is 0.234 e. The van der Waals surface area contributed by atoms with Crippen LogP contribution in [0, 0.1) is 0 Å². The van der Waals surface area contributed by atoms with E-state index in [1.165, 1.54) is 18.7 Å². The molecule has 0 aliphatic heterocycles. The number of nitrogens with zero attached hydrogens (tertiary/aromatic N) is 3. The van der Waals surface area contributed by atoms with Crippen LogP contribution in [0.1, 0.15) is 13.8 Å². The summed E-state index contributed by atoms with van der Waals surface area (Å²) in [5, 5.41) is 14.8. The van der Waals surface area contributed by atoms with E-state index in [-0.39, 0.29) is 17.6 Å². The van der Waals surface area contributed by atoms with E-state index in [9.17, 15) is 9.59 Å². The zero-order valence-electron chi connectivity index (χ0n) is 16.0. The fraction of sp³-hybridized carbons (Fsp3) is 0.200. The Labute approximate surface area is 181 Å². The number of hydrogen-bond acceptors (Lipinski definition) is 5. The van der Waals surface area contributed by atoms with Crippen molar-refractivity contribution in [2.45, 2.75) is 25.5 Å². The normalized spacial score (nSPS) is 10.6. The second-order valence-corrected chi connectivity index (χ2v) is 8.01. The average Bonchev–Trinajstić information content (AvgIpc) is 3.11. The zero-order valence-corrected chi connectivity index (χ0v) is 18.4. The van der Waals surface area contributed by atoms with Crippen LogP contribution in [0.5, 0.6) is 0 Å². The number of hydrogen-bond donors (Lipinski definition) is 2. The van der Waals surface area contributed by atoms with Crippen LogP contribution in [0.3, 0.4) is 0 Å². The minimum atomic E-state index is -0.132. The van der Waals surface area contributed by atoms with Crippen molar-refractivity contribution in [1.82, 2.24) is 14.8 Å². The van der Waals surface area contributed by atoms with E-state index in [0.29, 0.717) is 23.2 Å². The molecule has 0 radical (unpaired) electrons. The summed E-state index contributed by atoms with van der Waals surface area (Å²) in [6.07, 6.45) is 0. The van der Waals surface area contributed by atoms with Gasteiger partial charge in [0.1, 0.15) is 0 Å². The highest BCUT2D eigenvalue weighted by atomic mass is 79.9. The van der Waals surface area contributed by atoms with Crippen LogP contribution in [0.2, 0.25) is 0 Å². The Hall–Kier alpha value is -2.65. The van der Waals surface area contributed by atoms with Crippen LogP contribution in [0.25, 0.3) is 11.4 Å². The molecule has 0 saturated carbocycles. The summed E-state index contributed by atoms with van der Waals surface area (Å²) < 4.78 is 2.90. The summed E-state index contributed by atoms with van der Waals surface area (Å²) in [4.78, 5) is 23.6. The number of aromatic nitrogens is 3. The number of nitrogens with one attached hydrogen (secondary N) is 2. The lowest BCUT2D eigenvalue weighted by molar-refractivity contribution is -0.114. The van der Waals surface area contributed by atoms with Crippen molar-refractivity contribution < 1.29 is 9.59 Å². The lowest BCUT2D eigenvalue weighted by Crippen LogP contribution is -2.14. The van der Waals surface area contributed by atoms with Crippen LogP contribution in [-0.2, 0) is 16.1 Å². The van der Waals surface area contributed by atoms with Crippen molar-refractivity contribution in [3.63, 3.8) is 0 Å². The first-order chi connectivity index (χ1) is 14.0. The minimum Gasteiger partial charge on any atom is -0.326 e. The number of benzene rings is 2. The van der Waals surface area contributed by atoms with Crippen molar-refractivity contribution in [3.8, 4) is 11.4 Å². The van der Waals surface area contributed by atoms with Crippen LogP contribution in [0.4, 0.5) is 11.4 Å². The number of carbonyl (C=O) groups is 2. The molecular weight excluding hydrogens is 454 g/mol. The van der Waals surface area contributed by atoms with Gasteiger partial charge in [-0.2, -0.15) is 0 Å². The summed E-state index contributed by atoms with van der Waals surface area (Å²) >= 11 is 4.70. The van der Waals surface area contributed by atoms with Crippen molar-refractivity contribution in [1.29, 1.82) is 0 Å². The van der Waals surface area contributed by atoms with Gasteiger partial charge >= 0.3 is 0 Å². The molecule has 0 aliphatic rings. The number of rotatable bonds is 7. The van der Waals surface area contributed by atoms with Gasteiger partial charge in [0.05, 0.1) is 5.75 Å². The molecule has 3 rings (SSSR count). The van der Waals surface area contributed by atoms with Crippen LogP contribution >= 0.6 is 27.7 Å². The van der Waals surface area contributed by atoms with Crippen LogP contribution in [0.15, 0.2) is 58.2 Å². The first-order valence-corrected chi connectivity index (χ1v) is 10.7. The SMILES string of the molecule is CCn1c(SCC(=O)Nc2ccc(Br)cc2)nnc1-c1cccc(NC(C)=O)c1. The highest BCUT2D eigenvalue weighted by molar-refractivity contribution is 9.10. The number of anilines is 2. The summed E-state index contributed by atoms with van der Waals surface area (Å²) in [6.45, 7) is 4.12. The van der Waals surface area contributed by atoms with E-state index in [0.717, 1.165) is 15.7 Å². The van der Waals surface area contributed by atoms with Gasteiger partial charge in [-0.15, -0.1) is 10.2 Å². The second kappa shape index (κ2) is 9.71. The molecule has 150 valence electrons. The van der Waals surface area contributed by atoms with Gasteiger partial charge in [-0.1, -0.05) is 39.8 Å². The van der Waals surface area contributed by atoms with E-state index in [1.54, 1.807) is 0 Å². The predicted octanol–water partition coefficient (Wildman–Crippen LogP) is 4.42. The molecular formula is C20H20BrN5O2S. The van der Waals surface area contributed by atoms with Gasteiger partial charge in [0, 0.05) is 34.9 Å². The van der Waals surface area contributed by atoms with Crippen molar-refractivity contribution in [3.05, 3.63) is 53.0 Å². The van der Waals surface area contributed by atoms with Gasteiger partial charge in [-0.3, -0.25) is 9.59 Å². The van der Waals surface area contributed by atoms with E-state index < -0.39 is 0 Å². The molecule has 3 aromatic rings. The first-order valence-electron chi connectivity index (χ1n) is 8.95. The fourth-order valence-corrected chi connectivity index (χ4v) is 3.76. The Morgan fingerprint density at radius 2 is 1.83 bits per heavy atom. The molecule has 1 aromatic heterocycles. The van der Waals surface area contributed by atoms with Crippen molar-refractivity contribution in [2.24, 2.45) is 0 Å². The maximum absolute atomic E-state index is 12.3. The molecule has 0 aliphatic carbocycles. The highest BCUT2D eigenvalue weighted by Gasteiger charge is 2.15. The molecule has 9 heteroatoms. The van der Waals surface area contributed by atoms with Gasteiger partial charge in [0.2, 0.25) is 11.8 Å². The zero-order chi connectivity index (χ0) is 20.8.